The van der Waals surface area contributed by atoms with Crippen LogP contribution in [0.15, 0.2) is 24.3 Å². The number of hydrogen-bond donors (Lipinski definition) is 1. The van der Waals surface area contributed by atoms with Gasteiger partial charge in [0.25, 0.3) is 0 Å². The maximum atomic E-state index is 10.3. The van der Waals surface area contributed by atoms with E-state index in [0.29, 0.717) is 5.88 Å². The van der Waals surface area contributed by atoms with E-state index in [9.17, 15) is 4.79 Å². The maximum Gasteiger partial charge on any atom is 0.404 e. The number of alkyl halides is 1. The first-order valence-electron chi connectivity index (χ1n) is 3.78. The topological polar surface area (TPSA) is 52.3 Å². The average Bonchev–Trinajstić information content (AvgIpc) is 2.15. The van der Waals surface area contributed by atoms with Gasteiger partial charge in [-0.1, -0.05) is 24.3 Å². The van der Waals surface area contributed by atoms with Crippen molar-refractivity contribution in [3.05, 3.63) is 35.4 Å². The molecule has 0 aliphatic carbocycles. The summed E-state index contributed by atoms with van der Waals surface area (Å²) in [5, 5.41) is 0. The van der Waals surface area contributed by atoms with Gasteiger partial charge in [-0.2, -0.15) is 0 Å². The molecule has 0 saturated carbocycles. The van der Waals surface area contributed by atoms with Crippen molar-refractivity contribution in [3.63, 3.8) is 0 Å². The Hall–Kier alpha value is -1.22. The second kappa shape index (κ2) is 4.72. The number of carbonyl (C=O) groups is 1. The van der Waals surface area contributed by atoms with Crippen LogP contribution in [-0.2, 0) is 17.2 Å². The number of carbonyl (C=O) groups excluding carboxylic acids is 1. The van der Waals surface area contributed by atoms with Gasteiger partial charge in [0.1, 0.15) is 6.61 Å². The van der Waals surface area contributed by atoms with Crippen LogP contribution in [0.3, 0.4) is 0 Å². The summed E-state index contributed by atoms with van der Waals surface area (Å²) in [6.07, 6.45) is -0.767. The summed E-state index contributed by atoms with van der Waals surface area (Å²) < 4.78 is 4.62. The van der Waals surface area contributed by atoms with Crippen LogP contribution in [0.2, 0.25) is 0 Å². The van der Waals surface area contributed by atoms with Crippen LogP contribution >= 0.6 is 11.6 Å². The summed E-state index contributed by atoms with van der Waals surface area (Å²) in [6, 6.07) is 7.48. The third kappa shape index (κ3) is 3.34. The summed E-state index contributed by atoms with van der Waals surface area (Å²) in [4.78, 5) is 10.3. The lowest BCUT2D eigenvalue weighted by atomic mass is 10.1. The predicted octanol–water partition coefficient (Wildman–Crippen LogP) is 2.02. The molecule has 0 spiro atoms. The van der Waals surface area contributed by atoms with Crippen molar-refractivity contribution in [2.24, 2.45) is 5.73 Å². The van der Waals surface area contributed by atoms with E-state index in [4.69, 9.17) is 17.3 Å². The van der Waals surface area contributed by atoms with Gasteiger partial charge < -0.3 is 10.5 Å². The van der Waals surface area contributed by atoms with E-state index < -0.39 is 6.09 Å². The van der Waals surface area contributed by atoms with Crippen LogP contribution in [0.1, 0.15) is 11.1 Å². The largest absolute Gasteiger partial charge is 0.445 e. The van der Waals surface area contributed by atoms with Crippen molar-refractivity contribution in [1.29, 1.82) is 0 Å². The van der Waals surface area contributed by atoms with E-state index in [-0.39, 0.29) is 6.61 Å². The predicted molar refractivity (Wildman–Crippen MR) is 50.4 cm³/mol. The Bertz CT molecular complexity index is 301. The number of ether oxygens (including phenoxy) is 1. The fraction of sp³-hybridized carbons (Fsp3) is 0.222. The molecule has 0 aliphatic rings. The Morgan fingerprint density at radius 1 is 1.46 bits per heavy atom. The molecule has 1 aromatic rings. The standard InChI is InChI=1S/C9H10ClNO2/c10-5-7-2-1-3-8(4-7)6-13-9(11)12/h1-4H,5-6H2,(H2,11,12). The van der Waals surface area contributed by atoms with Gasteiger partial charge in [-0.25, -0.2) is 4.79 Å². The molecule has 3 nitrogen and oxygen atoms in total. The molecule has 0 unspecified atom stereocenters. The summed E-state index contributed by atoms with van der Waals surface area (Å²) in [6.45, 7) is 0.195. The smallest absolute Gasteiger partial charge is 0.404 e. The molecule has 70 valence electrons. The Balaban J connectivity index is 2.61. The van der Waals surface area contributed by atoms with Crippen LogP contribution in [-0.4, -0.2) is 6.09 Å². The molecular formula is C9H10ClNO2. The third-order valence-electron chi connectivity index (χ3n) is 1.53. The Morgan fingerprint density at radius 2 is 2.15 bits per heavy atom. The van der Waals surface area contributed by atoms with Crippen molar-refractivity contribution >= 4 is 17.7 Å². The molecule has 0 saturated heterocycles. The van der Waals surface area contributed by atoms with Gasteiger partial charge in [0, 0.05) is 5.88 Å². The van der Waals surface area contributed by atoms with Crippen LogP contribution < -0.4 is 5.73 Å². The monoisotopic (exact) mass is 199 g/mol. The van der Waals surface area contributed by atoms with Gasteiger partial charge >= 0.3 is 6.09 Å². The highest BCUT2D eigenvalue weighted by atomic mass is 35.5. The molecule has 0 aromatic heterocycles. The molecule has 0 fully saturated rings. The maximum absolute atomic E-state index is 10.3. The molecule has 1 amide bonds. The van der Waals surface area contributed by atoms with E-state index in [0.717, 1.165) is 11.1 Å². The number of nitrogens with two attached hydrogens (primary N) is 1. The minimum atomic E-state index is -0.767. The number of primary amides is 1. The van der Waals surface area contributed by atoms with Crippen molar-refractivity contribution in [3.8, 4) is 0 Å². The Kier molecular flexibility index (Phi) is 3.58. The van der Waals surface area contributed by atoms with Gasteiger partial charge in [0.15, 0.2) is 0 Å². The van der Waals surface area contributed by atoms with E-state index in [1.165, 1.54) is 0 Å². The fourth-order valence-electron chi connectivity index (χ4n) is 0.957. The summed E-state index contributed by atoms with van der Waals surface area (Å²) in [5.41, 5.74) is 6.70. The molecule has 1 rings (SSSR count). The second-order valence-corrected chi connectivity index (χ2v) is 2.83. The van der Waals surface area contributed by atoms with Gasteiger partial charge in [0.2, 0.25) is 0 Å². The van der Waals surface area contributed by atoms with E-state index in [1.807, 2.05) is 24.3 Å². The van der Waals surface area contributed by atoms with Crippen molar-refractivity contribution in [1.82, 2.24) is 0 Å². The highest BCUT2D eigenvalue weighted by Gasteiger charge is 1.97. The zero-order valence-electron chi connectivity index (χ0n) is 7.00. The molecule has 0 radical (unpaired) electrons. The van der Waals surface area contributed by atoms with Crippen LogP contribution in [0.5, 0.6) is 0 Å². The second-order valence-electron chi connectivity index (χ2n) is 2.56. The fourth-order valence-corrected chi connectivity index (χ4v) is 1.12. The SMILES string of the molecule is NC(=O)OCc1cccc(CCl)c1. The van der Waals surface area contributed by atoms with Crippen LogP contribution in [0.25, 0.3) is 0 Å². The quantitative estimate of drug-likeness (QED) is 0.758. The number of rotatable bonds is 3. The first-order chi connectivity index (χ1) is 6.22. The molecular weight excluding hydrogens is 190 g/mol. The number of hydrogen-bond acceptors (Lipinski definition) is 2. The highest BCUT2D eigenvalue weighted by Crippen LogP contribution is 2.08. The number of benzene rings is 1. The number of halogens is 1. The van der Waals surface area contributed by atoms with E-state index in [2.05, 4.69) is 4.74 Å². The summed E-state index contributed by atoms with van der Waals surface area (Å²) in [5.74, 6) is 0.449. The average molecular weight is 200 g/mol. The lowest BCUT2D eigenvalue weighted by Crippen LogP contribution is -2.12. The van der Waals surface area contributed by atoms with E-state index >= 15 is 0 Å². The van der Waals surface area contributed by atoms with Gasteiger partial charge in [-0.05, 0) is 11.1 Å². The van der Waals surface area contributed by atoms with Gasteiger partial charge in [-0.15, -0.1) is 11.6 Å². The first kappa shape index (κ1) is 9.86. The molecule has 0 heterocycles. The Morgan fingerprint density at radius 3 is 2.77 bits per heavy atom. The minimum Gasteiger partial charge on any atom is -0.445 e. The Labute approximate surface area is 81.4 Å². The third-order valence-corrected chi connectivity index (χ3v) is 1.84. The lowest BCUT2D eigenvalue weighted by Gasteiger charge is -2.02. The molecule has 1 aromatic carbocycles. The summed E-state index contributed by atoms with van der Waals surface area (Å²) in [7, 11) is 0. The zero-order valence-corrected chi connectivity index (χ0v) is 7.75. The van der Waals surface area contributed by atoms with Gasteiger partial charge in [-0.3, -0.25) is 0 Å². The van der Waals surface area contributed by atoms with Crippen molar-refractivity contribution in [2.75, 3.05) is 0 Å². The normalized spacial score (nSPS) is 9.62. The molecule has 13 heavy (non-hydrogen) atoms. The highest BCUT2D eigenvalue weighted by molar-refractivity contribution is 6.17. The zero-order chi connectivity index (χ0) is 9.68. The minimum absolute atomic E-state index is 0.195. The summed E-state index contributed by atoms with van der Waals surface area (Å²) >= 11 is 5.63. The van der Waals surface area contributed by atoms with Crippen molar-refractivity contribution < 1.29 is 9.53 Å². The van der Waals surface area contributed by atoms with Crippen LogP contribution in [0, 0.1) is 0 Å². The number of amides is 1. The molecule has 0 atom stereocenters. The van der Waals surface area contributed by atoms with Crippen LogP contribution in [0.4, 0.5) is 4.79 Å². The molecule has 0 bridgehead atoms. The van der Waals surface area contributed by atoms with E-state index in [1.54, 1.807) is 0 Å². The van der Waals surface area contributed by atoms with Gasteiger partial charge in [0.05, 0.1) is 0 Å². The first-order valence-corrected chi connectivity index (χ1v) is 4.32. The molecule has 4 heteroatoms. The lowest BCUT2D eigenvalue weighted by molar-refractivity contribution is 0.150. The molecule has 0 aliphatic heterocycles. The van der Waals surface area contributed by atoms with Crippen molar-refractivity contribution in [2.45, 2.75) is 12.5 Å². The molecule has 2 N–H and O–H groups in total.